The third kappa shape index (κ3) is 4.67. The van der Waals surface area contributed by atoms with Crippen LogP contribution < -0.4 is 14.4 Å². The lowest BCUT2D eigenvalue weighted by molar-refractivity contribution is -0.120. The first-order valence-electron chi connectivity index (χ1n) is 10.7. The maximum atomic E-state index is 13.5. The Labute approximate surface area is 188 Å². The van der Waals surface area contributed by atoms with Gasteiger partial charge in [-0.2, -0.15) is 0 Å². The summed E-state index contributed by atoms with van der Waals surface area (Å²) in [5.41, 5.74) is 0.336. The third-order valence-electron chi connectivity index (χ3n) is 6.21. The average Bonchev–Trinajstić information content (AvgIpc) is 3.36. The van der Waals surface area contributed by atoms with E-state index in [9.17, 15) is 13.2 Å². The molecule has 6 nitrogen and oxygen atoms in total. The zero-order valence-electron chi connectivity index (χ0n) is 17.5. The minimum absolute atomic E-state index is 0.0657. The van der Waals surface area contributed by atoms with Crippen molar-refractivity contribution in [2.75, 3.05) is 17.5 Å². The van der Waals surface area contributed by atoms with Crippen molar-refractivity contribution in [1.29, 1.82) is 0 Å². The van der Waals surface area contributed by atoms with Gasteiger partial charge in [0.25, 0.3) is 10.0 Å². The van der Waals surface area contributed by atoms with Gasteiger partial charge in [-0.25, -0.2) is 8.42 Å². The zero-order valence-corrected chi connectivity index (χ0v) is 19.0. The van der Waals surface area contributed by atoms with Crippen LogP contribution in [0.2, 0.25) is 5.02 Å². The highest BCUT2D eigenvalue weighted by Crippen LogP contribution is 2.44. The zero-order chi connectivity index (χ0) is 22.0. The number of anilines is 1. The molecular formula is C23H27ClN2O4S. The SMILES string of the molecule is CCOc1ccccc1N(CC(=O)N[C@H]1C[C@@H]2CC[C@@H]1C2)S(=O)(=O)c1ccc(Cl)cc1. The molecule has 2 bridgehead atoms. The van der Waals surface area contributed by atoms with Gasteiger partial charge in [-0.15, -0.1) is 0 Å². The van der Waals surface area contributed by atoms with Crippen LogP contribution in [0.25, 0.3) is 0 Å². The number of hydrogen-bond acceptors (Lipinski definition) is 4. The number of sulfonamides is 1. The standard InChI is InChI=1S/C23H27ClN2O4S/c1-2-30-22-6-4-3-5-21(22)26(31(28,29)19-11-9-18(24)10-12-19)15-23(27)25-20-14-16-7-8-17(20)13-16/h3-6,9-12,16-17,20H,2,7-8,13-15H2,1H3,(H,25,27)/t16-,17-,20+/m1/s1. The van der Waals surface area contributed by atoms with Crippen LogP contribution in [0.5, 0.6) is 5.75 Å². The van der Waals surface area contributed by atoms with Crippen molar-refractivity contribution in [2.45, 2.75) is 43.5 Å². The molecule has 2 aromatic carbocycles. The van der Waals surface area contributed by atoms with Gasteiger partial charge < -0.3 is 10.1 Å². The Morgan fingerprint density at radius 1 is 1.13 bits per heavy atom. The molecule has 2 aromatic rings. The smallest absolute Gasteiger partial charge is 0.264 e. The number of amides is 1. The van der Waals surface area contributed by atoms with Gasteiger partial charge in [-0.3, -0.25) is 9.10 Å². The number of hydrogen-bond donors (Lipinski definition) is 1. The van der Waals surface area contributed by atoms with E-state index in [-0.39, 0.29) is 23.4 Å². The third-order valence-corrected chi connectivity index (χ3v) is 8.23. The molecule has 2 aliphatic rings. The monoisotopic (exact) mass is 462 g/mol. The average molecular weight is 463 g/mol. The Bertz CT molecular complexity index is 1040. The van der Waals surface area contributed by atoms with E-state index in [1.54, 1.807) is 24.3 Å². The van der Waals surface area contributed by atoms with Gasteiger partial charge in [-0.1, -0.05) is 30.2 Å². The summed E-state index contributed by atoms with van der Waals surface area (Å²) in [7, 11) is -4.02. The fraction of sp³-hybridized carbons (Fsp3) is 0.435. The molecule has 2 fully saturated rings. The fourth-order valence-electron chi connectivity index (χ4n) is 4.78. The predicted molar refractivity (Wildman–Crippen MR) is 121 cm³/mol. The van der Waals surface area contributed by atoms with Crippen molar-refractivity contribution >= 4 is 33.2 Å². The summed E-state index contributed by atoms with van der Waals surface area (Å²) in [5, 5.41) is 3.53. The van der Waals surface area contributed by atoms with Crippen LogP contribution in [-0.4, -0.2) is 33.5 Å². The highest BCUT2D eigenvalue weighted by atomic mass is 35.5. The van der Waals surface area contributed by atoms with Gasteiger partial charge in [0.15, 0.2) is 0 Å². The van der Waals surface area contributed by atoms with Crippen LogP contribution in [0.1, 0.15) is 32.6 Å². The van der Waals surface area contributed by atoms with Gasteiger partial charge in [-0.05, 0) is 74.4 Å². The molecule has 8 heteroatoms. The molecule has 0 spiro atoms. The Hall–Kier alpha value is -2.25. The molecule has 0 radical (unpaired) electrons. The number of fused-ring (bicyclic) bond motifs is 2. The summed E-state index contributed by atoms with van der Waals surface area (Å²) >= 11 is 5.94. The van der Waals surface area contributed by atoms with Crippen LogP contribution in [-0.2, 0) is 14.8 Å². The number of ether oxygens (including phenoxy) is 1. The summed E-state index contributed by atoms with van der Waals surface area (Å²) in [6.45, 7) is 1.89. The largest absolute Gasteiger partial charge is 0.492 e. The number of carbonyl (C=O) groups is 1. The van der Waals surface area contributed by atoms with Gasteiger partial charge in [0.1, 0.15) is 12.3 Å². The first-order chi connectivity index (χ1) is 14.9. The summed E-state index contributed by atoms with van der Waals surface area (Å²) in [4.78, 5) is 13.0. The quantitative estimate of drug-likeness (QED) is 0.636. The van der Waals surface area contributed by atoms with E-state index >= 15 is 0 Å². The Balaban J connectivity index is 1.64. The van der Waals surface area contributed by atoms with Crippen molar-refractivity contribution in [2.24, 2.45) is 11.8 Å². The molecular weight excluding hydrogens is 436 g/mol. The van der Waals surface area contributed by atoms with E-state index in [2.05, 4.69) is 5.32 Å². The summed E-state index contributed by atoms with van der Waals surface area (Å²) in [5.74, 6) is 1.30. The lowest BCUT2D eigenvalue weighted by atomic mass is 9.95. The van der Waals surface area contributed by atoms with E-state index < -0.39 is 10.0 Å². The van der Waals surface area contributed by atoms with E-state index in [1.807, 2.05) is 6.92 Å². The van der Waals surface area contributed by atoms with E-state index in [4.69, 9.17) is 16.3 Å². The highest BCUT2D eigenvalue weighted by molar-refractivity contribution is 7.92. The molecule has 0 saturated heterocycles. The molecule has 0 aromatic heterocycles. The van der Waals surface area contributed by atoms with E-state index in [0.29, 0.717) is 34.9 Å². The van der Waals surface area contributed by atoms with Crippen molar-refractivity contribution in [3.05, 3.63) is 53.6 Å². The lowest BCUT2D eigenvalue weighted by Gasteiger charge is -2.28. The van der Waals surface area contributed by atoms with Crippen LogP contribution in [0.15, 0.2) is 53.4 Å². The van der Waals surface area contributed by atoms with Gasteiger partial charge in [0.05, 0.1) is 17.2 Å². The Morgan fingerprint density at radius 3 is 2.52 bits per heavy atom. The second-order valence-electron chi connectivity index (χ2n) is 8.22. The molecule has 2 saturated carbocycles. The van der Waals surface area contributed by atoms with E-state index in [0.717, 1.165) is 23.6 Å². The van der Waals surface area contributed by atoms with E-state index in [1.165, 1.54) is 30.7 Å². The maximum Gasteiger partial charge on any atom is 0.264 e. The van der Waals surface area contributed by atoms with Crippen LogP contribution in [0.4, 0.5) is 5.69 Å². The second kappa shape index (κ2) is 9.09. The maximum absolute atomic E-state index is 13.5. The number of carbonyl (C=O) groups excluding carboxylic acids is 1. The molecule has 31 heavy (non-hydrogen) atoms. The minimum atomic E-state index is -4.02. The van der Waals surface area contributed by atoms with Crippen molar-refractivity contribution in [1.82, 2.24) is 5.32 Å². The van der Waals surface area contributed by atoms with Crippen molar-refractivity contribution in [3.8, 4) is 5.75 Å². The highest BCUT2D eigenvalue weighted by Gasteiger charge is 2.40. The molecule has 2 aliphatic carbocycles. The molecule has 0 unspecified atom stereocenters. The molecule has 1 N–H and O–H groups in total. The van der Waals surface area contributed by atoms with Gasteiger partial charge >= 0.3 is 0 Å². The Morgan fingerprint density at radius 2 is 1.87 bits per heavy atom. The van der Waals surface area contributed by atoms with Crippen molar-refractivity contribution in [3.63, 3.8) is 0 Å². The van der Waals surface area contributed by atoms with Crippen LogP contribution >= 0.6 is 11.6 Å². The Kier molecular flexibility index (Phi) is 6.44. The topological polar surface area (TPSA) is 75.7 Å². The van der Waals surface area contributed by atoms with Crippen LogP contribution in [0, 0.1) is 11.8 Å². The predicted octanol–water partition coefficient (Wildman–Crippen LogP) is 4.24. The normalized spacial score (nSPS) is 22.3. The summed E-state index contributed by atoms with van der Waals surface area (Å²) in [6, 6.07) is 12.9. The number of rotatable bonds is 8. The fourth-order valence-corrected chi connectivity index (χ4v) is 6.34. The number of nitrogens with one attached hydrogen (secondary N) is 1. The van der Waals surface area contributed by atoms with Gasteiger partial charge in [0.2, 0.25) is 5.91 Å². The molecule has 4 rings (SSSR count). The van der Waals surface area contributed by atoms with Gasteiger partial charge in [0, 0.05) is 11.1 Å². The lowest BCUT2D eigenvalue weighted by Crippen LogP contribution is -2.46. The molecule has 0 aliphatic heterocycles. The van der Waals surface area contributed by atoms with Crippen molar-refractivity contribution < 1.29 is 17.9 Å². The molecule has 166 valence electrons. The number of benzene rings is 2. The number of halogens is 1. The molecule has 1 amide bonds. The molecule has 3 atom stereocenters. The minimum Gasteiger partial charge on any atom is -0.492 e. The van der Waals surface area contributed by atoms with Crippen LogP contribution in [0.3, 0.4) is 0 Å². The first-order valence-corrected chi connectivity index (χ1v) is 12.5. The summed E-state index contributed by atoms with van der Waals surface area (Å²) in [6.07, 6.45) is 4.51. The number of para-hydroxylation sites is 2. The molecule has 0 heterocycles. The first kappa shape index (κ1) is 22.0. The summed E-state index contributed by atoms with van der Waals surface area (Å²) < 4.78 is 33.9. The second-order valence-corrected chi connectivity index (χ2v) is 10.5. The number of nitrogens with zero attached hydrogens (tertiary/aromatic N) is 1.